The summed E-state index contributed by atoms with van der Waals surface area (Å²) in [7, 11) is 0. The van der Waals surface area contributed by atoms with Gasteiger partial charge in [0.15, 0.2) is 6.10 Å². The molecule has 0 aliphatic rings. The van der Waals surface area contributed by atoms with E-state index in [1.807, 2.05) is 13.0 Å². The fourth-order valence-electron chi connectivity index (χ4n) is 1.65. The van der Waals surface area contributed by atoms with Gasteiger partial charge in [0.1, 0.15) is 16.6 Å². The number of ether oxygens (including phenoxy) is 1. The molecule has 0 saturated carbocycles. The van der Waals surface area contributed by atoms with Crippen LogP contribution in [0.4, 0.5) is 5.82 Å². The molecule has 1 amide bonds. The maximum absolute atomic E-state index is 12.1. The van der Waals surface area contributed by atoms with Gasteiger partial charge in [0.25, 0.3) is 5.91 Å². The van der Waals surface area contributed by atoms with Crippen LogP contribution in [-0.2, 0) is 4.79 Å². The third-order valence-corrected chi connectivity index (χ3v) is 3.56. The van der Waals surface area contributed by atoms with Crippen molar-refractivity contribution < 1.29 is 9.53 Å². The first-order chi connectivity index (χ1) is 9.97. The SMILES string of the molecule is Cc1ccnc(NC(=O)C(C)Oc2cccc(Cl)c2Cl)c1. The summed E-state index contributed by atoms with van der Waals surface area (Å²) in [6, 6.07) is 8.63. The van der Waals surface area contributed by atoms with Crippen LogP contribution in [0.5, 0.6) is 5.75 Å². The normalized spacial score (nSPS) is 11.8. The third kappa shape index (κ3) is 4.09. The Labute approximate surface area is 133 Å². The quantitative estimate of drug-likeness (QED) is 0.921. The standard InChI is InChI=1S/C15H14Cl2N2O2/c1-9-6-7-18-13(8-9)19-15(20)10(2)21-12-5-3-4-11(16)14(12)17/h3-8,10H,1-2H3,(H,18,19,20). The molecular weight excluding hydrogens is 311 g/mol. The summed E-state index contributed by atoms with van der Waals surface area (Å²) < 4.78 is 5.53. The molecule has 0 bridgehead atoms. The Morgan fingerprint density at radius 3 is 2.81 bits per heavy atom. The van der Waals surface area contributed by atoms with E-state index in [0.717, 1.165) is 5.56 Å². The van der Waals surface area contributed by atoms with Crippen LogP contribution in [0.2, 0.25) is 10.0 Å². The number of nitrogens with one attached hydrogen (secondary N) is 1. The molecule has 0 radical (unpaired) electrons. The molecule has 1 heterocycles. The van der Waals surface area contributed by atoms with Gasteiger partial charge in [-0.3, -0.25) is 4.79 Å². The van der Waals surface area contributed by atoms with Crippen molar-refractivity contribution in [1.82, 2.24) is 4.98 Å². The van der Waals surface area contributed by atoms with Crippen molar-refractivity contribution in [1.29, 1.82) is 0 Å². The molecule has 1 unspecified atom stereocenters. The topological polar surface area (TPSA) is 51.2 Å². The van der Waals surface area contributed by atoms with Gasteiger partial charge in [-0.05, 0) is 43.7 Å². The number of hydrogen-bond acceptors (Lipinski definition) is 3. The molecule has 110 valence electrons. The maximum atomic E-state index is 12.1. The monoisotopic (exact) mass is 324 g/mol. The number of rotatable bonds is 4. The number of anilines is 1. The largest absolute Gasteiger partial charge is 0.479 e. The van der Waals surface area contributed by atoms with E-state index in [1.165, 1.54) is 0 Å². The van der Waals surface area contributed by atoms with Gasteiger partial charge >= 0.3 is 0 Å². The minimum Gasteiger partial charge on any atom is -0.479 e. The van der Waals surface area contributed by atoms with E-state index in [4.69, 9.17) is 27.9 Å². The van der Waals surface area contributed by atoms with Crippen LogP contribution >= 0.6 is 23.2 Å². The van der Waals surface area contributed by atoms with Crippen LogP contribution < -0.4 is 10.1 Å². The van der Waals surface area contributed by atoms with E-state index < -0.39 is 6.10 Å². The van der Waals surface area contributed by atoms with Gasteiger partial charge in [-0.2, -0.15) is 0 Å². The Morgan fingerprint density at radius 2 is 2.10 bits per heavy atom. The van der Waals surface area contributed by atoms with Crippen LogP contribution in [0.25, 0.3) is 0 Å². The van der Waals surface area contributed by atoms with Crippen molar-refractivity contribution in [3.8, 4) is 5.75 Å². The summed E-state index contributed by atoms with van der Waals surface area (Å²) in [5.74, 6) is 0.529. The van der Waals surface area contributed by atoms with Crippen LogP contribution in [0.15, 0.2) is 36.5 Å². The van der Waals surface area contributed by atoms with E-state index in [0.29, 0.717) is 16.6 Å². The molecule has 0 spiro atoms. The first kappa shape index (κ1) is 15.6. The number of nitrogens with zero attached hydrogens (tertiary/aromatic N) is 1. The fourth-order valence-corrected chi connectivity index (χ4v) is 1.99. The van der Waals surface area contributed by atoms with E-state index in [2.05, 4.69) is 10.3 Å². The molecule has 2 aromatic rings. The van der Waals surface area contributed by atoms with Crippen molar-refractivity contribution in [3.63, 3.8) is 0 Å². The third-order valence-electron chi connectivity index (χ3n) is 2.76. The molecule has 1 N–H and O–H groups in total. The predicted octanol–water partition coefficient (Wildman–Crippen LogP) is 4.10. The van der Waals surface area contributed by atoms with E-state index in [1.54, 1.807) is 37.4 Å². The lowest BCUT2D eigenvalue weighted by Crippen LogP contribution is -2.30. The second-order valence-electron chi connectivity index (χ2n) is 4.52. The molecule has 0 fully saturated rings. The lowest BCUT2D eigenvalue weighted by Gasteiger charge is -2.15. The van der Waals surface area contributed by atoms with Gasteiger partial charge < -0.3 is 10.1 Å². The minimum atomic E-state index is -0.733. The minimum absolute atomic E-state index is 0.285. The molecule has 21 heavy (non-hydrogen) atoms. The number of aromatic nitrogens is 1. The van der Waals surface area contributed by atoms with Crippen LogP contribution in [0, 0.1) is 6.92 Å². The highest BCUT2D eigenvalue weighted by Gasteiger charge is 2.17. The molecule has 4 nitrogen and oxygen atoms in total. The molecule has 1 atom stereocenters. The van der Waals surface area contributed by atoms with Gasteiger partial charge in [-0.1, -0.05) is 29.3 Å². The molecule has 2 rings (SSSR count). The smallest absolute Gasteiger partial charge is 0.266 e. The number of hydrogen-bond donors (Lipinski definition) is 1. The Kier molecular flexibility index (Phi) is 5.04. The number of amides is 1. The zero-order valence-electron chi connectivity index (χ0n) is 11.6. The van der Waals surface area contributed by atoms with Crippen LogP contribution in [0.1, 0.15) is 12.5 Å². The van der Waals surface area contributed by atoms with E-state index >= 15 is 0 Å². The number of carbonyl (C=O) groups is 1. The van der Waals surface area contributed by atoms with Crippen molar-refractivity contribution in [3.05, 3.63) is 52.1 Å². The highest BCUT2D eigenvalue weighted by Crippen LogP contribution is 2.32. The lowest BCUT2D eigenvalue weighted by atomic mass is 10.3. The summed E-state index contributed by atoms with van der Waals surface area (Å²) in [6.07, 6.45) is 0.896. The highest BCUT2D eigenvalue weighted by atomic mass is 35.5. The lowest BCUT2D eigenvalue weighted by molar-refractivity contribution is -0.122. The van der Waals surface area contributed by atoms with Crippen molar-refractivity contribution in [2.75, 3.05) is 5.32 Å². The van der Waals surface area contributed by atoms with E-state index in [9.17, 15) is 4.79 Å². The summed E-state index contributed by atoms with van der Waals surface area (Å²) in [5.41, 5.74) is 1.01. The van der Waals surface area contributed by atoms with E-state index in [-0.39, 0.29) is 10.9 Å². The average molecular weight is 325 g/mol. The van der Waals surface area contributed by atoms with Gasteiger partial charge in [-0.15, -0.1) is 0 Å². The van der Waals surface area contributed by atoms with Gasteiger partial charge in [-0.25, -0.2) is 4.98 Å². The molecule has 1 aromatic heterocycles. The number of carbonyl (C=O) groups excluding carboxylic acids is 1. The van der Waals surface area contributed by atoms with Crippen LogP contribution in [0.3, 0.4) is 0 Å². The maximum Gasteiger partial charge on any atom is 0.266 e. The number of halogens is 2. The van der Waals surface area contributed by atoms with Crippen LogP contribution in [-0.4, -0.2) is 17.0 Å². The van der Waals surface area contributed by atoms with Crippen molar-refractivity contribution in [2.45, 2.75) is 20.0 Å². The van der Waals surface area contributed by atoms with Crippen molar-refractivity contribution in [2.24, 2.45) is 0 Å². The second kappa shape index (κ2) is 6.78. The molecule has 1 aromatic carbocycles. The Hall–Kier alpha value is -1.78. The van der Waals surface area contributed by atoms with Gasteiger partial charge in [0.05, 0.1) is 5.02 Å². The Balaban J connectivity index is 2.04. The summed E-state index contributed by atoms with van der Waals surface area (Å²) in [5, 5.41) is 3.35. The Morgan fingerprint density at radius 1 is 1.33 bits per heavy atom. The first-order valence-electron chi connectivity index (χ1n) is 6.31. The number of pyridine rings is 1. The second-order valence-corrected chi connectivity index (χ2v) is 5.30. The zero-order valence-corrected chi connectivity index (χ0v) is 13.1. The molecule has 0 aliphatic carbocycles. The summed E-state index contributed by atoms with van der Waals surface area (Å²) in [6.45, 7) is 3.55. The summed E-state index contributed by atoms with van der Waals surface area (Å²) in [4.78, 5) is 16.1. The Bertz CT molecular complexity index is 662. The number of benzene rings is 1. The molecule has 0 saturated heterocycles. The van der Waals surface area contributed by atoms with Gasteiger partial charge in [0, 0.05) is 6.20 Å². The molecule has 0 aliphatic heterocycles. The van der Waals surface area contributed by atoms with Gasteiger partial charge in [0.2, 0.25) is 0 Å². The summed E-state index contributed by atoms with van der Waals surface area (Å²) >= 11 is 11.9. The number of aryl methyl sites for hydroxylation is 1. The van der Waals surface area contributed by atoms with Crippen molar-refractivity contribution >= 4 is 34.9 Å². The predicted molar refractivity (Wildman–Crippen MR) is 84.2 cm³/mol. The fraction of sp³-hybridized carbons (Fsp3) is 0.200. The first-order valence-corrected chi connectivity index (χ1v) is 7.07. The zero-order chi connectivity index (χ0) is 15.4. The molecule has 6 heteroatoms. The molecular formula is C15H14Cl2N2O2. The average Bonchev–Trinajstić information content (AvgIpc) is 2.44. The highest BCUT2D eigenvalue weighted by molar-refractivity contribution is 6.42.